The van der Waals surface area contributed by atoms with E-state index in [0.717, 1.165) is 28.0 Å². The lowest BCUT2D eigenvalue weighted by atomic mass is 9.92. The van der Waals surface area contributed by atoms with E-state index < -0.39 is 6.10 Å². The van der Waals surface area contributed by atoms with Crippen LogP contribution in [0.1, 0.15) is 49.1 Å². The summed E-state index contributed by atoms with van der Waals surface area (Å²) in [7, 11) is 1.69. The van der Waals surface area contributed by atoms with Crippen LogP contribution in [0.25, 0.3) is 0 Å². The molecule has 0 spiro atoms. The van der Waals surface area contributed by atoms with Crippen molar-refractivity contribution >= 4 is 0 Å². The number of methoxy groups -OCH3 is 1. The molecule has 0 radical (unpaired) electrons. The van der Waals surface area contributed by atoms with Crippen LogP contribution in [0.2, 0.25) is 0 Å². The molecule has 0 fully saturated rings. The summed E-state index contributed by atoms with van der Waals surface area (Å²) in [5.41, 5.74) is 4.26. The Hall–Kier alpha value is -1.06. The zero-order chi connectivity index (χ0) is 14.7. The zero-order valence-electron chi connectivity index (χ0n) is 13.2. The van der Waals surface area contributed by atoms with Gasteiger partial charge in [0.2, 0.25) is 0 Å². The molecule has 2 atom stereocenters. The minimum Gasteiger partial charge on any atom is -0.496 e. The molecule has 0 aliphatic carbocycles. The van der Waals surface area contributed by atoms with E-state index in [1.807, 2.05) is 33.8 Å². The maximum atomic E-state index is 10.5. The highest BCUT2D eigenvalue weighted by Gasteiger charge is 2.21. The van der Waals surface area contributed by atoms with Gasteiger partial charge >= 0.3 is 0 Å². The van der Waals surface area contributed by atoms with Gasteiger partial charge in [-0.3, -0.25) is 0 Å². The average Bonchev–Trinajstić information content (AvgIpc) is 2.32. The monoisotopic (exact) mass is 265 g/mol. The highest BCUT2D eigenvalue weighted by Crippen LogP contribution is 2.32. The third kappa shape index (κ3) is 3.48. The molecule has 2 N–H and O–H groups in total. The van der Waals surface area contributed by atoms with Gasteiger partial charge in [0.15, 0.2) is 0 Å². The summed E-state index contributed by atoms with van der Waals surface area (Å²) >= 11 is 0. The van der Waals surface area contributed by atoms with Crippen LogP contribution in [0.15, 0.2) is 6.07 Å². The van der Waals surface area contributed by atoms with Crippen molar-refractivity contribution in [3.05, 3.63) is 28.3 Å². The van der Waals surface area contributed by atoms with E-state index in [0.29, 0.717) is 6.04 Å². The van der Waals surface area contributed by atoms with E-state index >= 15 is 0 Å². The lowest BCUT2D eigenvalue weighted by Gasteiger charge is -2.26. The van der Waals surface area contributed by atoms with E-state index in [4.69, 9.17) is 4.74 Å². The molecule has 1 rings (SSSR count). The van der Waals surface area contributed by atoms with Crippen LogP contribution in [0.3, 0.4) is 0 Å². The lowest BCUT2D eigenvalue weighted by Crippen LogP contribution is -2.37. The van der Waals surface area contributed by atoms with Crippen molar-refractivity contribution in [2.45, 2.75) is 59.7 Å². The first-order valence-corrected chi connectivity index (χ1v) is 6.88. The Morgan fingerprint density at radius 1 is 1.11 bits per heavy atom. The van der Waals surface area contributed by atoms with Crippen molar-refractivity contribution in [2.75, 3.05) is 7.11 Å². The van der Waals surface area contributed by atoms with Crippen LogP contribution < -0.4 is 10.1 Å². The van der Waals surface area contributed by atoms with Gasteiger partial charge in [0.1, 0.15) is 5.75 Å². The summed E-state index contributed by atoms with van der Waals surface area (Å²) in [5, 5.41) is 13.9. The Labute approximate surface area is 117 Å². The van der Waals surface area contributed by atoms with Crippen LogP contribution in [0.4, 0.5) is 0 Å². The summed E-state index contributed by atoms with van der Waals surface area (Å²) in [6.07, 6.45) is -0.509. The number of ether oxygens (including phenoxy) is 1. The molecule has 0 heterocycles. The van der Waals surface area contributed by atoms with Crippen molar-refractivity contribution in [2.24, 2.45) is 0 Å². The summed E-state index contributed by atoms with van der Waals surface area (Å²) in [6, 6.07) is 2.40. The fraction of sp³-hybridized carbons (Fsp3) is 0.625. The number of aliphatic hydroxyl groups is 1. The molecule has 3 heteroatoms. The Morgan fingerprint density at radius 3 is 2.16 bits per heavy atom. The molecule has 0 bridgehead atoms. The molecular formula is C16H27NO2. The second-order valence-corrected chi connectivity index (χ2v) is 5.62. The molecular weight excluding hydrogens is 238 g/mol. The highest BCUT2D eigenvalue weighted by molar-refractivity contribution is 5.49. The van der Waals surface area contributed by atoms with Gasteiger partial charge in [0.05, 0.1) is 13.2 Å². The van der Waals surface area contributed by atoms with Crippen LogP contribution in [-0.4, -0.2) is 24.3 Å². The first kappa shape index (κ1) is 16.0. The molecule has 108 valence electrons. The SMILES string of the molecule is COc1c(C)cc(C(O)C(C)NC(C)C)c(C)c1C. The minimum absolute atomic E-state index is 0.0193. The van der Waals surface area contributed by atoms with Gasteiger partial charge in [-0.2, -0.15) is 0 Å². The van der Waals surface area contributed by atoms with Crippen molar-refractivity contribution in [1.82, 2.24) is 5.32 Å². The fourth-order valence-corrected chi connectivity index (χ4v) is 2.60. The second-order valence-electron chi connectivity index (χ2n) is 5.62. The fourth-order valence-electron chi connectivity index (χ4n) is 2.60. The number of rotatable bonds is 5. The number of aryl methyl sites for hydroxylation is 1. The molecule has 3 nitrogen and oxygen atoms in total. The predicted octanol–water partition coefficient (Wildman–Crippen LogP) is 3.04. The summed E-state index contributed by atoms with van der Waals surface area (Å²) in [5.74, 6) is 0.915. The molecule has 19 heavy (non-hydrogen) atoms. The zero-order valence-corrected chi connectivity index (χ0v) is 13.2. The first-order chi connectivity index (χ1) is 8.79. The summed E-state index contributed by atoms with van der Waals surface area (Å²) < 4.78 is 5.42. The largest absolute Gasteiger partial charge is 0.496 e. The number of aliphatic hydroxyl groups excluding tert-OH is 1. The topological polar surface area (TPSA) is 41.5 Å². The van der Waals surface area contributed by atoms with Crippen LogP contribution >= 0.6 is 0 Å². The quantitative estimate of drug-likeness (QED) is 0.860. The molecule has 0 aliphatic heterocycles. The molecule has 1 aromatic rings. The molecule has 0 aliphatic rings. The van der Waals surface area contributed by atoms with Crippen molar-refractivity contribution in [1.29, 1.82) is 0 Å². The van der Waals surface area contributed by atoms with Crippen LogP contribution in [0, 0.1) is 20.8 Å². The van der Waals surface area contributed by atoms with Gasteiger partial charge in [0, 0.05) is 12.1 Å². The third-order valence-corrected chi connectivity index (χ3v) is 3.66. The van der Waals surface area contributed by atoms with Crippen molar-refractivity contribution in [3.63, 3.8) is 0 Å². The lowest BCUT2D eigenvalue weighted by molar-refractivity contribution is 0.131. The Morgan fingerprint density at radius 2 is 1.68 bits per heavy atom. The summed E-state index contributed by atoms with van der Waals surface area (Å²) in [6.45, 7) is 12.3. The maximum Gasteiger partial charge on any atom is 0.124 e. The maximum absolute atomic E-state index is 10.5. The van der Waals surface area contributed by atoms with Gasteiger partial charge in [-0.1, -0.05) is 13.8 Å². The van der Waals surface area contributed by atoms with Gasteiger partial charge < -0.3 is 15.2 Å². The molecule has 0 saturated carbocycles. The Kier molecular flexibility index (Phi) is 5.39. The second kappa shape index (κ2) is 6.40. The Bertz CT molecular complexity index is 441. The van der Waals surface area contributed by atoms with E-state index in [-0.39, 0.29) is 6.04 Å². The van der Waals surface area contributed by atoms with Gasteiger partial charge in [-0.05, 0) is 56.0 Å². The molecule has 0 amide bonds. The Balaban J connectivity index is 3.14. The van der Waals surface area contributed by atoms with Crippen molar-refractivity contribution in [3.8, 4) is 5.75 Å². The standard InChI is InChI=1S/C16H27NO2/c1-9(2)17-13(6)15(18)14-8-10(3)16(19-7)12(5)11(14)4/h8-9,13,15,17-18H,1-7H3. The van der Waals surface area contributed by atoms with Gasteiger partial charge in [0.25, 0.3) is 0 Å². The number of benzene rings is 1. The van der Waals surface area contributed by atoms with Crippen LogP contribution in [-0.2, 0) is 0 Å². The number of hydrogen-bond donors (Lipinski definition) is 2. The van der Waals surface area contributed by atoms with Gasteiger partial charge in [-0.15, -0.1) is 0 Å². The normalized spacial score (nSPS) is 14.6. The van der Waals surface area contributed by atoms with Crippen molar-refractivity contribution < 1.29 is 9.84 Å². The number of nitrogens with one attached hydrogen (secondary N) is 1. The number of hydrogen-bond acceptors (Lipinski definition) is 3. The summed E-state index contributed by atoms with van der Waals surface area (Å²) in [4.78, 5) is 0. The van der Waals surface area contributed by atoms with Gasteiger partial charge in [-0.25, -0.2) is 0 Å². The van der Waals surface area contributed by atoms with E-state index in [1.54, 1.807) is 7.11 Å². The molecule has 0 saturated heterocycles. The molecule has 2 unspecified atom stereocenters. The highest BCUT2D eigenvalue weighted by atomic mass is 16.5. The smallest absolute Gasteiger partial charge is 0.124 e. The minimum atomic E-state index is -0.509. The van der Waals surface area contributed by atoms with E-state index in [2.05, 4.69) is 19.2 Å². The average molecular weight is 265 g/mol. The third-order valence-electron chi connectivity index (χ3n) is 3.66. The van der Waals surface area contributed by atoms with E-state index in [9.17, 15) is 5.11 Å². The molecule has 0 aromatic heterocycles. The van der Waals surface area contributed by atoms with E-state index in [1.165, 1.54) is 0 Å². The first-order valence-electron chi connectivity index (χ1n) is 6.88. The molecule has 1 aromatic carbocycles. The predicted molar refractivity (Wildman–Crippen MR) is 79.9 cm³/mol. The van der Waals surface area contributed by atoms with Crippen LogP contribution in [0.5, 0.6) is 5.75 Å².